The highest BCUT2D eigenvalue weighted by Crippen LogP contribution is 2.52. The second-order valence-corrected chi connectivity index (χ2v) is 6.97. The number of hydrogen-bond donors (Lipinski definition) is 1. The number of rotatable bonds is 4. The van der Waals surface area contributed by atoms with Gasteiger partial charge < -0.3 is 10.1 Å². The average Bonchev–Trinajstić information content (AvgIpc) is 3.32. The van der Waals surface area contributed by atoms with Gasteiger partial charge in [0, 0.05) is 12.2 Å². The average molecular weight is 346 g/mol. The van der Waals surface area contributed by atoms with Crippen molar-refractivity contribution in [2.24, 2.45) is 11.8 Å². The first-order valence-corrected chi connectivity index (χ1v) is 8.79. The third-order valence-electron chi connectivity index (χ3n) is 5.51. The lowest BCUT2D eigenvalue weighted by Crippen LogP contribution is -2.45. The van der Waals surface area contributed by atoms with Gasteiger partial charge in [0.25, 0.3) is 0 Å². The topological polar surface area (TPSA) is 58.6 Å². The standard InChI is InChI=1S/C21H18N2O3/c24-19-17-16-11-12-21(26-16,13-22-14-7-3-1-4-8-14)18(17)20(25)23(19)15-9-5-2-6-10-15/h1-12,16-18,22H,13H2. The monoisotopic (exact) mass is 346 g/mol. The maximum absolute atomic E-state index is 13.2. The van der Waals surface area contributed by atoms with Gasteiger partial charge in [-0.1, -0.05) is 48.6 Å². The number of nitrogens with zero attached hydrogens (tertiary/aromatic N) is 1. The Labute approximate surface area is 151 Å². The van der Waals surface area contributed by atoms with Gasteiger partial charge >= 0.3 is 0 Å². The van der Waals surface area contributed by atoms with Gasteiger partial charge in [0.2, 0.25) is 11.8 Å². The predicted molar refractivity (Wildman–Crippen MR) is 97.6 cm³/mol. The molecule has 2 aromatic carbocycles. The molecule has 2 fully saturated rings. The van der Waals surface area contributed by atoms with Gasteiger partial charge in [0.1, 0.15) is 5.60 Å². The van der Waals surface area contributed by atoms with E-state index in [4.69, 9.17) is 4.74 Å². The predicted octanol–water partition coefficient (Wildman–Crippen LogP) is 2.61. The number of ether oxygens (including phenoxy) is 1. The Bertz CT molecular complexity index is 896. The molecule has 26 heavy (non-hydrogen) atoms. The molecule has 1 N–H and O–H groups in total. The van der Waals surface area contributed by atoms with Gasteiger partial charge in [-0.3, -0.25) is 9.59 Å². The van der Waals surface area contributed by atoms with E-state index in [9.17, 15) is 9.59 Å². The van der Waals surface area contributed by atoms with Crippen molar-refractivity contribution in [2.75, 3.05) is 16.8 Å². The quantitative estimate of drug-likeness (QED) is 0.683. The van der Waals surface area contributed by atoms with E-state index in [2.05, 4.69) is 5.32 Å². The number of nitrogens with one attached hydrogen (secondary N) is 1. The summed E-state index contributed by atoms with van der Waals surface area (Å²) in [6.45, 7) is 0.451. The lowest BCUT2D eigenvalue weighted by atomic mass is 9.77. The summed E-state index contributed by atoms with van der Waals surface area (Å²) in [6, 6.07) is 18.9. The van der Waals surface area contributed by atoms with Crippen LogP contribution in [-0.4, -0.2) is 30.1 Å². The molecule has 0 saturated carbocycles. The molecule has 3 aliphatic rings. The van der Waals surface area contributed by atoms with Crippen LogP contribution < -0.4 is 10.2 Å². The minimum atomic E-state index is -0.776. The molecular weight excluding hydrogens is 328 g/mol. The van der Waals surface area contributed by atoms with Crippen molar-refractivity contribution in [2.45, 2.75) is 11.7 Å². The van der Waals surface area contributed by atoms with Crippen LogP contribution in [0, 0.1) is 11.8 Å². The second kappa shape index (κ2) is 5.54. The van der Waals surface area contributed by atoms with Crippen LogP contribution in [0.1, 0.15) is 0 Å². The number of fused-ring (bicyclic) bond motifs is 5. The molecule has 5 rings (SSSR count). The summed E-state index contributed by atoms with van der Waals surface area (Å²) in [6.07, 6.45) is 3.55. The molecule has 2 bridgehead atoms. The SMILES string of the molecule is O=C1C2C3C=CC(CNc4ccccc4)(O3)C2C(=O)N1c1ccccc1. The van der Waals surface area contributed by atoms with Gasteiger partial charge in [-0.2, -0.15) is 0 Å². The summed E-state index contributed by atoms with van der Waals surface area (Å²) in [5.41, 5.74) is 0.812. The smallest absolute Gasteiger partial charge is 0.241 e. The Morgan fingerprint density at radius 3 is 2.38 bits per heavy atom. The Hall–Kier alpha value is -2.92. The highest BCUT2D eigenvalue weighted by atomic mass is 16.5. The number of amides is 2. The number of anilines is 2. The zero-order valence-corrected chi connectivity index (χ0v) is 14.0. The summed E-state index contributed by atoms with van der Waals surface area (Å²) in [5, 5.41) is 3.35. The van der Waals surface area contributed by atoms with Crippen LogP contribution in [0.25, 0.3) is 0 Å². The van der Waals surface area contributed by atoms with E-state index < -0.39 is 17.4 Å². The number of carbonyl (C=O) groups is 2. The largest absolute Gasteiger partial charge is 0.382 e. The third-order valence-corrected chi connectivity index (χ3v) is 5.51. The number of carbonyl (C=O) groups excluding carboxylic acids is 2. The van der Waals surface area contributed by atoms with Gasteiger partial charge in [0.05, 0.1) is 23.6 Å². The van der Waals surface area contributed by atoms with Crippen molar-refractivity contribution in [1.82, 2.24) is 0 Å². The Balaban J connectivity index is 1.46. The maximum atomic E-state index is 13.2. The van der Waals surface area contributed by atoms with Crippen LogP contribution in [0.4, 0.5) is 11.4 Å². The molecular formula is C21H18N2O3. The number of imide groups is 1. The highest BCUT2D eigenvalue weighted by molar-refractivity contribution is 6.23. The molecule has 4 unspecified atom stereocenters. The molecule has 2 saturated heterocycles. The van der Waals surface area contributed by atoms with Crippen LogP contribution in [-0.2, 0) is 14.3 Å². The zero-order chi connectivity index (χ0) is 17.7. The van der Waals surface area contributed by atoms with Crippen LogP contribution in [0.15, 0.2) is 72.8 Å². The molecule has 0 aliphatic carbocycles. The van der Waals surface area contributed by atoms with Crippen LogP contribution in [0.5, 0.6) is 0 Å². The van der Waals surface area contributed by atoms with E-state index in [-0.39, 0.29) is 17.9 Å². The highest BCUT2D eigenvalue weighted by Gasteiger charge is 2.67. The zero-order valence-electron chi connectivity index (χ0n) is 14.0. The first-order valence-electron chi connectivity index (χ1n) is 8.79. The number of hydrogen-bond acceptors (Lipinski definition) is 4. The van der Waals surface area contributed by atoms with Crippen molar-refractivity contribution in [3.05, 3.63) is 72.8 Å². The second-order valence-electron chi connectivity index (χ2n) is 6.97. The Morgan fingerprint density at radius 1 is 0.962 bits per heavy atom. The molecule has 0 radical (unpaired) electrons. The van der Waals surface area contributed by atoms with Crippen molar-refractivity contribution < 1.29 is 14.3 Å². The van der Waals surface area contributed by atoms with Crippen molar-refractivity contribution in [3.8, 4) is 0 Å². The lowest BCUT2D eigenvalue weighted by Gasteiger charge is -2.29. The summed E-state index contributed by atoms with van der Waals surface area (Å²) >= 11 is 0. The maximum Gasteiger partial charge on any atom is 0.241 e. The number of para-hydroxylation sites is 2. The van der Waals surface area contributed by atoms with Crippen LogP contribution in [0.3, 0.4) is 0 Å². The van der Waals surface area contributed by atoms with E-state index in [0.717, 1.165) is 5.69 Å². The molecule has 3 aliphatic heterocycles. The molecule has 2 amide bonds. The molecule has 3 heterocycles. The minimum absolute atomic E-state index is 0.165. The van der Waals surface area contributed by atoms with Crippen molar-refractivity contribution >= 4 is 23.2 Å². The van der Waals surface area contributed by atoms with Gasteiger partial charge in [-0.25, -0.2) is 4.90 Å². The first kappa shape index (κ1) is 15.3. The molecule has 0 spiro atoms. The molecule has 4 atom stereocenters. The van der Waals surface area contributed by atoms with E-state index in [0.29, 0.717) is 12.2 Å². The van der Waals surface area contributed by atoms with Gasteiger partial charge in [-0.05, 0) is 24.3 Å². The van der Waals surface area contributed by atoms with Gasteiger partial charge in [0.15, 0.2) is 0 Å². The van der Waals surface area contributed by atoms with Crippen molar-refractivity contribution in [1.29, 1.82) is 0 Å². The third kappa shape index (κ3) is 2.07. The Morgan fingerprint density at radius 2 is 1.65 bits per heavy atom. The normalized spacial score (nSPS) is 31.5. The summed E-state index contributed by atoms with van der Waals surface area (Å²) in [4.78, 5) is 27.5. The molecule has 5 nitrogen and oxygen atoms in total. The van der Waals surface area contributed by atoms with E-state index >= 15 is 0 Å². The van der Waals surface area contributed by atoms with E-state index in [1.54, 1.807) is 12.1 Å². The van der Waals surface area contributed by atoms with E-state index in [1.165, 1.54) is 4.90 Å². The molecule has 0 aromatic heterocycles. The van der Waals surface area contributed by atoms with Crippen LogP contribution in [0.2, 0.25) is 0 Å². The van der Waals surface area contributed by atoms with Crippen molar-refractivity contribution in [3.63, 3.8) is 0 Å². The lowest BCUT2D eigenvalue weighted by molar-refractivity contribution is -0.126. The molecule has 2 aromatic rings. The molecule has 130 valence electrons. The molecule has 5 heteroatoms. The fourth-order valence-corrected chi connectivity index (χ4v) is 4.33. The van der Waals surface area contributed by atoms with E-state index in [1.807, 2.05) is 60.7 Å². The number of benzene rings is 2. The Kier molecular flexibility index (Phi) is 3.27. The van der Waals surface area contributed by atoms with Gasteiger partial charge in [-0.15, -0.1) is 0 Å². The minimum Gasteiger partial charge on any atom is -0.382 e. The first-order chi connectivity index (χ1) is 12.7. The fourth-order valence-electron chi connectivity index (χ4n) is 4.33. The fraction of sp³-hybridized carbons (Fsp3) is 0.238. The summed E-state index contributed by atoms with van der Waals surface area (Å²) in [7, 11) is 0. The summed E-state index contributed by atoms with van der Waals surface area (Å²) in [5.74, 6) is -1.26. The summed E-state index contributed by atoms with van der Waals surface area (Å²) < 4.78 is 6.13. The van der Waals surface area contributed by atoms with Crippen LogP contribution >= 0.6 is 0 Å².